The summed E-state index contributed by atoms with van der Waals surface area (Å²) in [6, 6.07) is 13.5. The topological polar surface area (TPSA) is 55.0 Å². The maximum Gasteiger partial charge on any atom is 0.269 e. The highest BCUT2D eigenvalue weighted by molar-refractivity contribution is 5.37. The molecule has 20 heavy (non-hydrogen) atoms. The van der Waals surface area contributed by atoms with Crippen LogP contribution in [-0.4, -0.2) is 11.7 Å². The van der Waals surface area contributed by atoms with E-state index in [0.717, 1.165) is 11.3 Å². The van der Waals surface area contributed by atoms with Gasteiger partial charge in [0, 0.05) is 18.4 Å². The number of benzene rings is 1. The van der Waals surface area contributed by atoms with Crippen LogP contribution in [0.2, 0.25) is 0 Å². The van der Waals surface area contributed by atoms with Crippen molar-refractivity contribution < 1.29 is 4.74 Å². The molecule has 0 spiro atoms. The Morgan fingerprint density at radius 2 is 2.00 bits per heavy atom. The van der Waals surface area contributed by atoms with Crippen LogP contribution in [0, 0.1) is 18.3 Å². The maximum atomic E-state index is 12.4. The van der Waals surface area contributed by atoms with E-state index in [-0.39, 0.29) is 17.7 Å². The lowest BCUT2D eigenvalue weighted by Gasteiger charge is -2.13. The van der Waals surface area contributed by atoms with Gasteiger partial charge >= 0.3 is 0 Å². The van der Waals surface area contributed by atoms with Gasteiger partial charge in [-0.1, -0.05) is 30.3 Å². The van der Waals surface area contributed by atoms with E-state index in [0.29, 0.717) is 12.1 Å². The molecule has 2 rings (SSSR count). The molecule has 0 unspecified atom stereocenters. The molecule has 0 aliphatic carbocycles. The number of pyridine rings is 1. The Morgan fingerprint density at radius 3 is 2.60 bits per heavy atom. The first kappa shape index (κ1) is 14.0. The van der Waals surface area contributed by atoms with Crippen molar-refractivity contribution in [3.63, 3.8) is 0 Å². The molecule has 1 aromatic carbocycles. The van der Waals surface area contributed by atoms with Crippen LogP contribution in [0.5, 0.6) is 0 Å². The molecule has 0 saturated heterocycles. The average molecular weight is 268 g/mol. The van der Waals surface area contributed by atoms with Crippen LogP contribution in [0.4, 0.5) is 0 Å². The smallest absolute Gasteiger partial charge is 0.269 e. The fraction of sp³-hybridized carbons (Fsp3) is 0.250. The zero-order chi connectivity index (χ0) is 14.5. The second-order valence-electron chi connectivity index (χ2n) is 4.61. The van der Waals surface area contributed by atoms with Crippen molar-refractivity contribution in [1.29, 1.82) is 5.26 Å². The molecule has 1 aromatic heterocycles. The van der Waals surface area contributed by atoms with Crippen molar-refractivity contribution in [2.45, 2.75) is 20.1 Å². The summed E-state index contributed by atoms with van der Waals surface area (Å²) >= 11 is 0. The SMILES string of the molecule is COCc1cc(C)n(Cc2ccccc2)c(=O)c1C#N. The van der Waals surface area contributed by atoms with E-state index < -0.39 is 0 Å². The van der Waals surface area contributed by atoms with Crippen molar-refractivity contribution in [1.82, 2.24) is 4.57 Å². The Kier molecular flexibility index (Phi) is 4.34. The van der Waals surface area contributed by atoms with E-state index >= 15 is 0 Å². The molecule has 1 heterocycles. The Bertz CT molecular complexity index is 697. The molecule has 0 aliphatic rings. The van der Waals surface area contributed by atoms with Crippen molar-refractivity contribution in [3.05, 3.63) is 69.1 Å². The van der Waals surface area contributed by atoms with Crippen LogP contribution < -0.4 is 5.56 Å². The van der Waals surface area contributed by atoms with Crippen molar-refractivity contribution in [2.24, 2.45) is 0 Å². The Labute approximate surface area is 117 Å². The Balaban J connectivity index is 2.50. The molecular weight excluding hydrogens is 252 g/mol. The lowest BCUT2D eigenvalue weighted by molar-refractivity contribution is 0.184. The lowest BCUT2D eigenvalue weighted by atomic mass is 10.1. The fourth-order valence-electron chi connectivity index (χ4n) is 2.19. The lowest BCUT2D eigenvalue weighted by Crippen LogP contribution is -2.26. The number of rotatable bonds is 4. The third kappa shape index (κ3) is 2.79. The molecule has 0 aliphatic heterocycles. The molecule has 4 nitrogen and oxygen atoms in total. The molecule has 102 valence electrons. The van der Waals surface area contributed by atoms with Gasteiger partial charge in [0.05, 0.1) is 13.2 Å². The average Bonchev–Trinajstić information content (AvgIpc) is 2.45. The Morgan fingerprint density at radius 1 is 1.30 bits per heavy atom. The molecule has 0 radical (unpaired) electrons. The van der Waals surface area contributed by atoms with Crippen LogP contribution in [0.3, 0.4) is 0 Å². The van der Waals surface area contributed by atoms with Gasteiger partial charge in [0.2, 0.25) is 0 Å². The first-order valence-corrected chi connectivity index (χ1v) is 6.33. The highest BCUT2D eigenvalue weighted by Crippen LogP contribution is 2.10. The van der Waals surface area contributed by atoms with Gasteiger partial charge in [0.15, 0.2) is 0 Å². The molecule has 0 bridgehead atoms. The number of aryl methyl sites for hydroxylation is 1. The van der Waals surface area contributed by atoms with Crippen LogP contribution in [0.15, 0.2) is 41.2 Å². The summed E-state index contributed by atoms with van der Waals surface area (Å²) in [7, 11) is 1.55. The number of aromatic nitrogens is 1. The number of hydrogen-bond donors (Lipinski definition) is 0. The van der Waals surface area contributed by atoms with E-state index in [4.69, 9.17) is 4.74 Å². The van der Waals surface area contributed by atoms with Crippen LogP contribution in [0.1, 0.15) is 22.4 Å². The predicted molar refractivity (Wildman–Crippen MR) is 76.4 cm³/mol. The summed E-state index contributed by atoms with van der Waals surface area (Å²) in [4.78, 5) is 12.4. The maximum absolute atomic E-state index is 12.4. The summed E-state index contributed by atoms with van der Waals surface area (Å²) in [5.74, 6) is 0. The Hall–Kier alpha value is -2.38. The molecule has 4 heteroatoms. The highest BCUT2D eigenvalue weighted by atomic mass is 16.5. The standard InChI is InChI=1S/C16H16N2O2/c1-12-8-14(11-20-2)15(9-17)16(19)18(12)10-13-6-4-3-5-7-13/h3-8H,10-11H2,1-2H3. The molecular formula is C16H16N2O2. The molecule has 0 amide bonds. The third-order valence-electron chi connectivity index (χ3n) is 3.18. The van der Waals surface area contributed by atoms with E-state index in [2.05, 4.69) is 0 Å². The fourth-order valence-corrected chi connectivity index (χ4v) is 2.19. The second-order valence-corrected chi connectivity index (χ2v) is 4.61. The van der Waals surface area contributed by atoms with Crippen LogP contribution in [0.25, 0.3) is 0 Å². The zero-order valence-electron chi connectivity index (χ0n) is 11.6. The highest BCUT2D eigenvalue weighted by Gasteiger charge is 2.12. The van der Waals surface area contributed by atoms with Crippen LogP contribution >= 0.6 is 0 Å². The summed E-state index contributed by atoms with van der Waals surface area (Å²) < 4.78 is 6.66. The van der Waals surface area contributed by atoms with Crippen molar-refractivity contribution in [2.75, 3.05) is 7.11 Å². The normalized spacial score (nSPS) is 10.2. The minimum absolute atomic E-state index is 0.161. The first-order valence-electron chi connectivity index (χ1n) is 6.33. The molecule has 2 aromatic rings. The number of nitrogens with zero attached hydrogens (tertiary/aromatic N) is 2. The number of methoxy groups -OCH3 is 1. The minimum Gasteiger partial charge on any atom is -0.380 e. The van der Waals surface area contributed by atoms with Gasteiger partial charge in [-0.25, -0.2) is 0 Å². The van der Waals surface area contributed by atoms with Crippen LogP contribution in [-0.2, 0) is 17.9 Å². The quantitative estimate of drug-likeness (QED) is 0.854. The van der Waals surface area contributed by atoms with Gasteiger partial charge in [-0.15, -0.1) is 0 Å². The van der Waals surface area contributed by atoms with E-state index in [1.807, 2.05) is 49.4 Å². The molecule has 0 fully saturated rings. The largest absolute Gasteiger partial charge is 0.380 e. The number of ether oxygens (including phenoxy) is 1. The predicted octanol–water partition coefficient (Wildman–Crippen LogP) is 2.22. The van der Waals surface area contributed by atoms with E-state index in [1.54, 1.807) is 11.7 Å². The monoisotopic (exact) mass is 268 g/mol. The first-order chi connectivity index (χ1) is 9.67. The third-order valence-corrected chi connectivity index (χ3v) is 3.18. The zero-order valence-corrected chi connectivity index (χ0v) is 11.6. The molecule has 0 N–H and O–H groups in total. The molecule has 0 atom stereocenters. The summed E-state index contributed by atoms with van der Waals surface area (Å²) in [5, 5.41) is 9.19. The number of nitriles is 1. The van der Waals surface area contributed by atoms with Crippen molar-refractivity contribution in [3.8, 4) is 6.07 Å². The second kappa shape index (κ2) is 6.18. The van der Waals surface area contributed by atoms with Gasteiger partial charge in [-0.2, -0.15) is 5.26 Å². The van der Waals surface area contributed by atoms with Gasteiger partial charge in [-0.05, 0) is 18.6 Å². The minimum atomic E-state index is -0.261. The number of hydrogen-bond acceptors (Lipinski definition) is 3. The van der Waals surface area contributed by atoms with E-state index in [9.17, 15) is 10.1 Å². The van der Waals surface area contributed by atoms with E-state index in [1.165, 1.54) is 0 Å². The van der Waals surface area contributed by atoms with Crippen molar-refractivity contribution >= 4 is 0 Å². The molecule has 0 saturated carbocycles. The van der Waals surface area contributed by atoms with Gasteiger partial charge < -0.3 is 9.30 Å². The summed E-state index contributed by atoms with van der Waals surface area (Å²) in [6.45, 7) is 2.60. The van der Waals surface area contributed by atoms with Gasteiger partial charge in [-0.3, -0.25) is 4.79 Å². The summed E-state index contributed by atoms with van der Waals surface area (Å²) in [5.41, 5.74) is 2.39. The summed E-state index contributed by atoms with van der Waals surface area (Å²) in [6.07, 6.45) is 0. The van der Waals surface area contributed by atoms with Gasteiger partial charge in [0.25, 0.3) is 5.56 Å². The van der Waals surface area contributed by atoms with Gasteiger partial charge in [0.1, 0.15) is 11.6 Å².